The molecule has 0 unspecified atom stereocenters. The predicted octanol–water partition coefficient (Wildman–Crippen LogP) is 2.61. The Kier molecular flexibility index (Phi) is 4.26. The molecule has 0 saturated carbocycles. The van der Waals surface area contributed by atoms with Gasteiger partial charge in [-0.25, -0.2) is 9.79 Å². The normalized spacial score (nSPS) is 10.8. The zero-order valence-corrected chi connectivity index (χ0v) is 10.7. The van der Waals surface area contributed by atoms with Gasteiger partial charge in [-0.05, 0) is 44.0 Å². The minimum Gasteiger partial charge on any atom is -0.478 e. The SMILES string of the molecule is CCN(C)C=Nc1ccc(C(=O)O)c(C)c1C. The molecule has 4 nitrogen and oxygen atoms in total. The van der Waals surface area contributed by atoms with Crippen LogP contribution in [0.15, 0.2) is 17.1 Å². The van der Waals surface area contributed by atoms with E-state index in [0.717, 1.165) is 23.4 Å². The van der Waals surface area contributed by atoms with Crippen molar-refractivity contribution in [1.29, 1.82) is 0 Å². The van der Waals surface area contributed by atoms with Gasteiger partial charge in [-0.3, -0.25) is 0 Å². The molecule has 1 aromatic carbocycles. The summed E-state index contributed by atoms with van der Waals surface area (Å²) in [5.74, 6) is -0.896. The monoisotopic (exact) mass is 234 g/mol. The number of nitrogens with zero attached hydrogens (tertiary/aromatic N) is 2. The van der Waals surface area contributed by atoms with Crippen molar-refractivity contribution < 1.29 is 9.90 Å². The van der Waals surface area contributed by atoms with Crippen LogP contribution in [0.2, 0.25) is 0 Å². The van der Waals surface area contributed by atoms with Crippen molar-refractivity contribution in [2.75, 3.05) is 13.6 Å². The number of aromatic carboxylic acids is 1. The maximum absolute atomic E-state index is 11.0. The van der Waals surface area contributed by atoms with Crippen molar-refractivity contribution in [2.24, 2.45) is 4.99 Å². The highest BCUT2D eigenvalue weighted by atomic mass is 16.4. The van der Waals surface area contributed by atoms with E-state index in [9.17, 15) is 4.79 Å². The van der Waals surface area contributed by atoms with Crippen LogP contribution in [0.3, 0.4) is 0 Å². The van der Waals surface area contributed by atoms with Crippen LogP contribution in [0.25, 0.3) is 0 Å². The number of benzene rings is 1. The number of carboxylic acids is 1. The summed E-state index contributed by atoms with van der Waals surface area (Å²) in [6, 6.07) is 3.34. The van der Waals surface area contributed by atoms with E-state index in [-0.39, 0.29) is 0 Å². The molecule has 0 radical (unpaired) electrons. The molecule has 0 amide bonds. The van der Waals surface area contributed by atoms with Gasteiger partial charge in [0.25, 0.3) is 0 Å². The molecule has 1 rings (SSSR count). The number of rotatable bonds is 4. The number of carbonyl (C=O) groups is 1. The average Bonchev–Trinajstić information content (AvgIpc) is 2.30. The van der Waals surface area contributed by atoms with Gasteiger partial charge in [-0.1, -0.05) is 0 Å². The highest BCUT2D eigenvalue weighted by Gasteiger charge is 2.10. The fourth-order valence-electron chi connectivity index (χ4n) is 1.42. The Hall–Kier alpha value is -1.84. The highest BCUT2D eigenvalue weighted by molar-refractivity contribution is 5.90. The summed E-state index contributed by atoms with van der Waals surface area (Å²) < 4.78 is 0. The molecule has 0 spiro atoms. The van der Waals surface area contributed by atoms with E-state index in [2.05, 4.69) is 4.99 Å². The summed E-state index contributed by atoms with van der Waals surface area (Å²) in [6.45, 7) is 6.62. The fraction of sp³-hybridized carbons (Fsp3) is 0.385. The van der Waals surface area contributed by atoms with Crippen LogP contribution in [0.5, 0.6) is 0 Å². The van der Waals surface area contributed by atoms with Crippen molar-refractivity contribution >= 4 is 18.0 Å². The smallest absolute Gasteiger partial charge is 0.335 e. The fourth-order valence-corrected chi connectivity index (χ4v) is 1.42. The summed E-state index contributed by atoms with van der Waals surface area (Å²) in [5.41, 5.74) is 2.83. The molecule has 4 heteroatoms. The Morgan fingerprint density at radius 2 is 2.06 bits per heavy atom. The molecule has 0 saturated heterocycles. The van der Waals surface area contributed by atoms with Gasteiger partial charge in [-0.15, -0.1) is 0 Å². The zero-order chi connectivity index (χ0) is 13.0. The number of aliphatic imine (C=N–C) groups is 1. The first-order chi connectivity index (χ1) is 7.97. The lowest BCUT2D eigenvalue weighted by atomic mass is 10.0. The molecule has 0 fully saturated rings. The van der Waals surface area contributed by atoms with Crippen LogP contribution < -0.4 is 0 Å². The van der Waals surface area contributed by atoms with Crippen molar-refractivity contribution in [2.45, 2.75) is 20.8 Å². The Morgan fingerprint density at radius 3 is 2.59 bits per heavy atom. The van der Waals surface area contributed by atoms with Gasteiger partial charge >= 0.3 is 5.97 Å². The second-order valence-electron chi connectivity index (χ2n) is 4.01. The standard InChI is InChI=1S/C13H18N2O2/c1-5-15(4)8-14-12-7-6-11(13(16)17)9(2)10(12)3/h6-8H,5H2,1-4H3,(H,16,17). The minimum atomic E-state index is -0.896. The molecule has 1 N–H and O–H groups in total. The Balaban J connectivity index is 3.09. The van der Waals surface area contributed by atoms with Gasteiger partial charge in [0.15, 0.2) is 0 Å². The highest BCUT2D eigenvalue weighted by Crippen LogP contribution is 2.24. The summed E-state index contributed by atoms with van der Waals surface area (Å²) in [5, 5.41) is 8.99. The summed E-state index contributed by atoms with van der Waals surface area (Å²) in [6.07, 6.45) is 1.75. The lowest BCUT2D eigenvalue weighted by molar-refractivity contribution is 0.0696. The van der Waals surface area contributed by atoms with Crippen molar-refractivity contribution in [3.8, 4) is 0 Å². The summed E-state index contributed by atoms with van der Waals surface area (Å²) >= 11 is 0. The van der Waals surface area contributed by atoms with Gasteiger partial charge in [0.05, 0.1) is 17.6 Å². The van der Waals surface area contributed by atoms with Crippen LogP contribution in [0, 0.1) is 13.8 Å². The molecule has 92 valence electrons. The van der Waals surface area contributed by atoms with Gasteiger partial charge in [0, 0.05) is 13.6 Å². The molecule has 0 aliphatic heterocycles. The first-order valence-corrected chi connectivity index (χ1v) is 5.55. The second-order valence-corrected chi connectivity index (χ2v) is 4.01. The van der Waals surface area contributed by atoms with Crippen LogP contribution in [-0.4, -0.2) is 35.9 Å². The molecule has 0 aliphatic carbocycles. The molecule has 0 atom stereocenters. The molecule has 1 aromatic rings. The zero-order valence-electron chi connectivity index (χ0n) is 10.7. The third-order valence-electron chi connectivity index (χ3n) is 2.88. The quantitative estimate of drug-likeness (QED) is 0.643. The van der Waals surface area contributed by atoms with E-state index in [0.29, 0.717) is 5.56 Å². The minimum absolute atomic E-state index is 0.338. The van der Waals surface area contributed by atoms with E-state index in [1.165, 1.54) is 0 Å². The number of carboxylic acid groups (broad SMARTS) is 1. The van der Waals surface area contributed by atoms with Crippen LogP contribution in [0.4, 0.5) is 5.69 Å². The Labute approximate surface area is 102 Å². The van der Waals surface area contributed by atoms with E-state index >= 15 is 0 Å². The lowest BCUT2D eigenvalue weighted by Gasteiger charge is -2.10. The largest absolute Gasteiger partial charge is 0.478 e. The first-order valence-electron chi connectivity index (χ1n) is 5.55. The topological polar surface area (TPSA) is 52.9 Å². The third kappa shape index (κ3) is 3.06. The summed E-state index contributed by atoms with van der Waals surface area (Å²) in [7, 11) is 1.94. The molecule has 0 aromatic heterocycles. The molecule has 0 heterocycles. The van der Waals surface area contributed by atoms with Crippen molar-refractivity contribution in [3.05, 3.63) is 28.8 Å². The molecule has 0 bridgehead atoms. The van der Waals surface area contributed by atoms with E-state index in [1.807, 2.05) is 25.8 Å². The molecule has 17 heavy (non-hydrogen) atoms. The van der Waals surface area contributed by atoms with E-state index < -0.39 is 5.97 Å². The first kappa shape index (κ1) is 13.2. The van der Waals surface area contributed by atoms with Crippen LogP contribution in [0.1, 0.15) is 28.4 Å². The van der Waals surface area contributed by atoms with Gasteiger partial charge < -0.3 is 10.0 Å². The molecular formula is C13H18N2O2. The number of hydrogen-bond acceptors (Lipinski definition) is 2. The Bertz CT molecular complexity index is 453. The Morgan fingerprint density at radius 1 is 1.41 bits per heavy atom. The maximum Gasteiger partial charge on any atom is 0.335 e. The van der Waals surface area contributed by atoms with Crippen LogP contribution >= 0.6 is 0 Å². The molecular weight excluding hydrogens is 216 g/mol. The van der Waals surface area contributed by atoms with Crippen molar-refractivity contribution in [3.63, 3.8) is 0 Å². The van der Waals surface area contributed by atoms with Crippen molar-refractivity contribution in [1.82, 2.24) is 4.90 Å². The van der Waals surface area contributed by atoms with E-state index in [4.69, 9.17) is 5.11 Å². The van der Waals surface area contributed by atoms with Gasteiger partial charge in [-0.2, -0.15) is 0 Å². The van der Waals surface area contributed by atoms with E-state index in [1.54, 1.807) is 25.4 Å². The third-order valence-corrected chi connectivity index (χ3v) is 2.88. The number of hydrogen-bond donors (Lipinski definition) is 1. The van der Waals surface area contributed by atoms with Crippen LogP contribution in [-0.2, 0) is 0 Å². The molecule has 0 aliphatic rings. The summed E-state index contributed by atoms with van der Waals surface area (Å²) in [4.78, 5) is 17.3. The maximum atomic E-state index is 11.0. The average molecular weight is 234 g/mol. The second kappa shape index (κ2) is 5.48. The van der Waals surface area contributed by atoms with Gasteiger partial charge in [0.2, 0.25) is 0 Å². The van der Waals surface area contributed by atoms with Gasteiger partial charge in [0.1, 0.15) is 0 Å². The lowest BCUT2D eigenvalue weighted by Crippen LogP contribution is -2.14. The predicted molar refractivity (Wildman–Crippen MR) is 69.3 cm³/mol.